The zero-order valence-corrected chi connectivity index (χ0v) is 11.8. The van der Waals surface area contributed by atoms with E-state index in [9.17, 15) is 21.6 Å². The van der Waals surface area contributed by atoms with Crippen LogP contribution >= 0.6 is 11.8 Å². The van der Waals surface area contributed by atoms with Gasteiger partial charge in [-0.1, -0.05) is 6.08 Å². The Balaban J connectivity index is 5.08. The van der Waals surface area contributed by atoms with E-state index >= 15 is 0 Å². The zero-order chi connectivity index (χ0) is 13.7. The summed E-state index contributed by atoms with van der Waals surface area (Å²) in [6, 6.07) is -1.31. The van der Waals surface area contributed by atoms with E-state index in [4.69, 9.17) is 5.73 Å². The predicted octanol–water partition coefficient (Wildman–Crippen LogP) is -0.476. The average Bonchev–Trinajstić information content (AvgIpc) is 2.24. The minimum atomic E-state index is -4.90. The van der Waals surface area contributed by atoms with E-state index in [0.717, 1.165) is 6.08 Å². The number of carbonyl (C=O) groups excluding carboxylic acids is 1. The number of rotatable bonds is 7. The van der Waals surface area contributed by atoms with Gasteiger partial charge in [0.1, 0.15) is 0 Å². The lowest BCUT2D eigenvalue weighted by molar-refractivity contribution is -0.112. The van der Waals surface area contributed by atoms with E-state index in [2.05, 4.69) is 6.58 Å². The van der Waals surface area contributed by atoms with Crippen molar-refractivity contribution in [3.8, 4) is 0 Å². The van der Waals surface area contributed by atoms with Gasteiger partial charge in [0.2, 0.25) is 0 Å². The maximum atomic E-state index is 11.5. The first-order chi connectivity index (χ1) is 7.70. The van der Waals surface area contributed by atoms with Crippen molar-refractivity contribution < 1.29 is 21.6 Å². The van der Waals surface area contributed by atoms with Gasteiger partial charge in [-0.05, 0) is 18.4 Å². The molecule has 0 aromatic carbocycles. The molecule has 0 rings (SSSR count). The third-order valence-electron chi connectivity index (χ3n) is 1.84. The van der Waals surface area contributed by atoms with Crippen LogP contribution < -0.4 is 5.73 Å². The molecular formula is C8H15NO5S3. The van der Waals surface area contributed by atoms with Crippen LogP contribution in [0.3, 0.4) is 0 Å². The minimum Gasteiger partial charge on any atom is -0.321 e. The Kier molecular flexibility index (Phi) is 6.38. The summed E-state index contributed by atoms with van der Waals surface area (Å²) >= 11 is 1.38. The van der Waals surface area contributed by atoms with E-state index in [1.807, 2.05) is 0 Å². The average molecular weight is 301 g/mol. The normalized spacial score (nSPS) is 14.2. The summed E-state index contributed by atoms with van der Waals surface area (Å²) in [5.41, 5.74) is 5.35. The van der Waals surface area contributed by atoms with Gasteiger partial charge in [-0.15, -0.1) is 6.58 Å². The Morgan fingerprint density at radius 1 is 1.41 bits per heavy atom. The van der Waals surface area contributed by atoms with Gasteiger partial charge in [-0.2, -0.15) is 11.8 Å². The largest absolute Gasteiger partial charge is 0.321 e. The summed E-state index contributed by atoms with van der Waals surface area (Å²) in [5.74, 6) is -0.319. The molecule has 0 aliphatic heterocycles. The molecule has 0 amide bonds. The van der Waals surface area contributed by atoms with Crippen molar-refractivity contribution in [2.75, 3.05) is 17.8 Å². The third-order valence-corrected chi connectivity index (χ3v) is 7.50. The Morgan fingerprint density at radius 3 is 2.35 bits per heavy atom. The lowest BCUT2D eigenvalue weighted by Gasteiger charge is -2.09. The van der Waals surface area contributed by atoms with Gasteiger partial charge in [0, 0.05) is 0 Å². The molecule has 9 heteroatoms. The lowest BCUT2D eigenvalue weighted by Crippen LogP contribution is -2.40. The van der Waals surface area contributed by atoms with Crippen LogP contribution in [-0.4, -0.2) is 45.8 Å². The van der Waals surface area contributed by atoms with E-state index in [0.29, 0.717) is 5.75 Å². The van der Waals surface area contributed by atoms with Crippen molar-refractivity contribution in [3.05, 3.63) is 12.7 Å². The van der Waals surface area contributed by atoms with Crippen LogP contribution in [0.25, 0.3) is 0 Å². The topological polar surface area (TPSA) is 111 Å². The summed E-state index contributed by atoms with van der Waals surface area (Å²) in [6.45, 7) is 3.12. The molecular weight excluding hydrogens is 286 g/mol. The van der Waals surface area contributed by atoms with E-state index < -0.39 is 34.6 Å². The van der Waals surface area contributed by atoms with Crippen LogP contribution in [0, 0.1) is 0 Å². The molecule has 6 nitrogen and oxygen atoms in total. The quantitative estimate of drug-likeness (QED) is 0.499. The molecule has 0 aliphatic rings. The van der Waals surface area contributed by atoms with Gasteiger partial charge >= 0.3 is 8.87 Å². The fourth-order valence-electron chi connectivity index (χ4n) is 0.907. The smallest absolute Gasteiger partial charge is 0.317 e. The predicted molar refractivity (Wildman–Crippen MR) is 68.9 cm³/mol. The second-order valence-corrected chi connectivity index (χ2v) is 9.76. The molecule has 0 saturated heterocycles. The SMILES string of the molecule is C=CCS(=O)(=O)S(=O)(=O)C(=O)C(N)CCSC. The van der Waals surface area contributed by atoms with Crippen molar-refractivity contribution in [2.24, 2.45) is 5.73 Å². The van der Waals surface area contributed by atoms with Crippen LogP contribution in [0.4, 0.5) is 0 Å². The van der Waals surface area contributed by atoms with E-state index in [-0.39, 0.29) is 6.42 Å². The first-order valence-electron chi connectivity index (χ1n) is 4.57. The Morgan fingerprint density at radius 2 is 1.94 bits per heavy atom. The van der Waals surface area contributed by atoms with Gasteiger partial charge in [0.15, 0.2) is 0 Å². The molecule has 1 unspecified atom stereocenters. The number of hydrogen-bond acceptors (Lipinski definition) is 7. The van der Waals surface area contributed by atoms with Crippen molar-refractivity contribution in [1.29, 1.82) is 0 Å². The highest BCUT2D eigenvalue weighted by molar-refractivity contribution is 8.72. The maximum Gasteiger partial charge on any atom is 0.317 e. The molecule has 0 heterocycles. The van der Waals surface area contributed by atoms with Gasteiger partial charge in [-0.3, -0.25) is 4.79 Å². The number of nitrogens with two attached hydrogens (primary N) is 1. The van der Waals surface area contributed by atoms with Crippen molar-refractivity contribution in [3.63, 3.8) is 0 Å². The second-order valence-electron chi connectivity index (χ2n) is 3.17. The van der Waals surface area contributed by atoms with E-state index in [1.165, 1.54) is 11.8 Å². The highest BCUT2D eigenvalue weighted by Crippen LogP contribution is 2.11. The van der Waals surface area contributed by atoms with Crippen LogP contribution in [0.1, 0.15) is 6.42 Å². The molecule has 1 atom stereocenters. The molecule has 0 aromatic heterocycles. The fraction of sp³-hybridized carbons (Fsp3) is 0.625. The summed E-state index contributed by atoms with van der Waals surface area (Å²) < 4.78 is 45.6. The van der Waals surface area contributed by atoms with Gasteiger partial charge < -0.3 is 5.73 Å². The van der Waals surface area contributed by atoms with Crippen molar-refractivity contribution in [2.45, 2.75) is 12.5 Å². The Hall–Kier alpha value is -0.380. The highest BCUT2D eigenvalue weighted by atomic mass is 33.2. The summed E-state index contributed by atoms with van der Waals surface area (Å²) in [6.07, 6.45) is 2.79. The molecule has 2 N–H and O–H groups in total. The molecule has 100 valence electrons. The van der Waals surface area contributed by atoms with Crippen LogP contribution in [0.15, 0.2) is 12.7 Å². The Bertz CT molecular complexity index is 479. The monoisotopic (exact) mass is 301 g/mol. The van der Waals surface area contributed by atoms with Crippen LogP contribution in [0.5, 0.6) is 0 Å². The fourth-order valence-corrected chi connectivity index (χ4v) is 4.55. The number of hydrogen-bond donors (Lipinski definition) is 1. The van der Waals surface area contributed by atoms with Crippen molar-refractivity contribution >= 4 is 34.6 Å². The highest BCUT2D eigenvalue weighted by Gasteiger charge is 2.39. The Labute approximate surface area is 105 Å². The van der Waals surface area contributed by atoms with E-state index in [1.54, 1.807) is 6.26 Å². The van der Waals surface area contributed by atoms with Gasteiger partial charge in [0.25, 0.3) is 14.0 Å². The lowest BCUT2D eigenvalue weighted by atomic mass is 10.3. The van der Waals surface area contributed by atoms with Crippen LogP contribution in [-0.2, 0) is 22.5 Å². The second kappa shape index (κ2) is 6.53. The maximum absolute atomic E-state index is 11.5. The molecule has 0 saturated carbocycles. The molecule has 0 spiro atoms. The van der Waals surface area contributed by atoms with Crippen LogP contribution in [0.2, 0.25) is 0 Å². The first kappa shape index (κ1) is 16.6. The molecule has 0 fully saturated rings. The van der Waals surface area contributed by atoms with Gasteiger partial charge in [0.05, 0.1) is 11.8 Å². The zero-order valence-electron chi connectivity index (χ0n) is 9.33. The summed E-state index contributed by atoms with van der Waals surface area (Å²) in [4.78, 5) is 11.5. The molecule has 0 aromatic rings. The van der Waals surface area contributed by atoms with Crippen molar-refractivity contribution in [1.82, 2.24) is 0 Å². The third kappa shape index (κ3) is 4.09. The summed E-state index contributed by atoms with van der Waals surface area (Å²) in [7, 11) is -9.46. The summed E-state index contributed by atoms with van der Waals surface area (Å²) in [5, 5.41) is -1.45. The first-order valence-corrected chi connectivity index (χ1v) is 9.62. The molecule has 0 bridgehead atoms. The minimum absolute atomic E-state index is 0.114. The standard InChI is InChI=1S/C8H15NO5S3/c1-3-6-16(11,12)17(13,14)8(10)7(9)4-5-15-2/h3,7H,1,4-6,9H2,2H3. The number of carbonyl (C=O) groups is 1. The molecule has 0 radical (unpaired) electrons. The number of thioether (sulfide) groups is 1. The van der Waals surface area contributed by atoms with Gasteiger partial charge in [-0.25, -0.2) is 16.8 Å². The molecule has 17 heavy (non-hydrogen) atoms. The molecule has 0 aliphatic carbocycles.